The van der Waals surface area contributed by atoms with E-state index < -0.39 is 9.84 Å². The Morgan fingerprint density at radius 2 is 2.09 bits per heavy atom. The summed E-state index contributed by atoms with van der Waals surface area (Å²) in [5, 5.41) is 5.89. The first-order chi connectivity index (χ1) is 10.5. The summed E-state index contributed by atoms with van der Waals surface area (Å²) in [6, 6.07) is 5.25. The summed E-state index contributed by atoms with van der Waals surface area (Å²) in [7, 11) is -2.97. The van der Waals surface area contributed by atoms with Gasteiger partial charge < -0.3 is 20.1 Å². The SMILES string of the molecule is O=C(CCNc1ccc2c(c1)OCO2)NC1CCS(=O)(=O)C1. The molecular formula is C14H18N2O5S. The van der Waals surface area contributed by atoms with Gasteiger partial charge in [-0.05, 0) is 18.6 Å². The van der Waals surface area contributed by atoms with E-state index in [1.807, 2.05) is 18.2 Å². The van der Waals surface area contributed by atoms with Crippen LogP contribution in [0.2, 0.25) is 0 Å². The number of hydrogen-bond donors (Lipinski definition) is 2. The van der Waals surface area contributed by atoms with Crippen LogP contribution in [0.4, 0.5) is 5.69 Å². The molecule has 0 bridgehead atoms. The predicted octanol–water partition coefficient (Wildman–Crippen LogP) is 0.521. The number of ether oxygens (including phenoxy) is 2. The lowest BCUT2D eigenvalue weighted by molar-refractivity contribution is -0.121. The number of rotatable bonds is 5. The molecule has 1 fully saturated rings. The summed E-state index contributed by atoms with van der Waals surface area (Å²) in [5.74, 6) is 1.47. The quantitative estimate of drug-likeness (QED) is 0.819. The van der Waals surface area contributed by atoms with Crippen molar-refractivity contribution in [3.63, 3.8) is 0 Å². The molecule has 3 rings (SSSR count). The van der Waals surface area contributed by atoms with E-state index in [0.717, 1.165) is 5.69 Å². The van der Waals surface area contributed by atoms with E-state index in [1.54, 1.807) is 0 Å². The van der Waals surface area contributed by atoms with E-state index in [-0.39, 0.29) is 36.7 Å². The average molecular weight is 326 g/mol. The Morgan fingerprint density at radius 3 is 2.86 bits per heavy atom. The Bertz CT molecular complexity index is 674. The fraction of sp³-hybridized carbons (Fsp3) is 0.500. The van der Waals surface area contributed by atoms with Crippen molar-refractivity contribution in [3.05, 3.63) is 18.2 Å². The Kier molecular flexibility index (Phi) is 4.10. The molecule has 1 atom stereocenters. The molecule has 2 aliphatic rings. The summed E-state index contributed by atoms with van der Waals surface area (Å²) >= 11 is 0. The van der Waals surface area contributed by atoms with Gasteiger partial charge in [-0.1, -0.05) is 0 Å². The van der Waals surface area contributed by atoms with Crippen LogP contribution in [0.25, 0.3) is 0 Å². The third kappa shape index (κ3) is 3.62. The van der Waals surface area contributed by atoms with Gasteiger partial charge in [0.1, 0.15) is 0 Å². The Hall–Kier alpha value is -1.96. The first-order valence-corrected chi connectivity index (χ1v) is 8.97. The molecule has 0 aromatic heterocycles. The number of anilines is 1. The summed E-state index contributed by atoms with van der Waals surface area (Å²) < 4.78 is 33.2. The first-order valence-electron chi connectivity index (χ1n) is 7.15. The molecule has 8 heteroatoms. The fourth-order valence-electron chi connectivity index (χ4n) is 2.54. The van der Waals surface area contributed by atoms with Crippen molar-refractivity contribution in [3.8, 4) is 11.5 Å². The van der Waals surface area contributed by atoms with Crippen molar-refractivity contribution >= 4 is 21.4 Å². The lowest BCUT2D eigenvalue weighted by atomic mass is 10.2. The van der Waals surface area contributed by atoms with Crippen LogP contribution in [0.5, 0.6) is 11.5 Å². The molecule has 22 heavy (non-hydrogen) atoms. The molecule has 120 valence electrons. The van der Waals surface area contributed by atoms with Crippen LogP contribution in [0.1, 0.15) is 12.8 Å². The molecule has 0 radical (unpaired) electrons. The zero-order valence-electron chi connectivity index (χ0n) is 12.0. The van der Waals surface area contributed by atoms with Gasteiger partial charge in [-0.15, -0.1) is 0 Å². The van der Waals surface area contributed by atoms with Gasteiger partial charge in [-0.25, -0.2) is 8.42 Å². The molecule has 2 N–H and O–H groups in total. The molecule has 0 aliphatic carbocycles. The lowest BCUT2D eigenvalue weighted by Gasteiger charge is -2.11. The standard InChI is InChI=1S/C14H18N2O5S/c17-14(16-11-4-6-22(18,19)8-11)3-5-15-10-1-2-12-13(7-10)21-9-20-12/h1-2,7,11,15H,3-6,8-9H2,(H,16,17). The zero-order valence-corrected chi connectivity index (χ0v) is 12.8. The van der Waals surface area contributed by atoms with Crippen LogP contribution in [0, 0.1) is 0 Å². The molecule has 1 amide bonds. The van der Waals surface area contributed by atoms with Crippen molar-refractivity contribution < 1.29 is 22.7 Å². The summed E-state index contributed by atoms with van der Waals surface area (Å²) in [6.07, 6.45) is 0.786. The van der Waals surface area contributed by atoms with E-state index in [1.165, 1.54) is 0 Å². The second kappa shape index (κ2) is 6.04. The van der Waals surface area contributed by atoms with Crippen molar-refractivity contribution in [2.24, 2.45) is 0 Å². The summed E-state index contributed by atoms with van der Waals surface area (Å²) in [4.78, 5) is 11.8. The minimum atomic E-state index is -2.97. The largest absolute Gasteiger partial charge is 0.454 e. The van der Waals surface area contributed by atoms with E-state index in [0.29, 0.717) is 24.5 Å². The van der Waals surface area contributed by atoms with Crippen LogP contribution in [-0.2, 0) is 14.6 Å². The topological polar surface area (TPSA) is 93.7 Å². The van der Waals surface area contributed by atoms with Gasteiger partial charge in [0.05, 0.1) is 11.5 Å². The molecule has 7 nitrogen and oxygen atoms in total. The van der Waals surface area contributed by atoms with Crippen LogP contribution in [-0.4, -0.2) is 45.2 Å². The van der Waals surface area contributed by atoms with Crippen LogP contribution < -0.4 is 20.1 Å². The van der Waals surface area contributed by atoms with Crippen molar-refractivity contribution in [1.82, 2.24) is 5.32 Å². The minimum Gasteiger partial charge on any atom is -0.454 e. The van der Waals surface area contributed by atoms with Gasteiger partial charge in [0.15, 0.2) is 21.3 Å². The highest BCUT2D eigenvalue weighted by molar-refractivity contribution is 7.91. The second-order valence-electron chi connectivity index (χ2n) is 5.41. The third-order valence-electron chi connectivity index (χ3n) is 3.65. The van der Waals surface area contributed by atoms with Crippen molar-refractivity contribution in [2.75, 3.05) is 30.2 Å². The predicted molar refractivity (Wildman–Crippen MR) is 80.9 cm³/mol. The molecular weight excluding hydrogens is 308 g/mol. The number of nitrogens with one attached hydrogen (secondary N) is 2. The Balaban J connectivity index is 1.42. The molecule has 2 aliphatic heterocycles. The number of amides is 1. The maximum absolute atomic E-state index is 11.8. The van der Waals surface area contributed by atoms with Gasteiger partial charge in [0, 0.05) is 30.8 Å². The van der Waals surface area contributed by atoms with E-state index in [4.69, 9.17) is 9.47 Å². The van der Waals surface area contributed by atoms with Gasteiger partial charge in [0.2, 0.25) is 12.7 Å². The fourth-order valence-corrected chi connectivity index (χ4v) is 4.21. The number of benzene rings is 1. The van der Waals surface area contributed by atoms with E-state index >= 15 is 0 Å². The molecule has 1 aromatic rings. The van der Waals surface area contributed by atoms with Crippen LogP contribution in [0.3, 0.4) is 0 Å². The maximum atomic E-state index is 11.8. The minimum absolute atomic E-state index is 0.0499. The normalized spacial score (nSPS) is 21.5. The second-order valence-corrected chi connectivity index (χ2v) is 7.64. The summed E-state index contributed by atoms with van der Waals surface area (Å²) in [5.41, 5.74) is 0.848. The molecule has 0 spiro atoms. The maximum Gasteiger partial charge on any atom is 0.231 e. The van der Waals surface area contributed by atoms with Gasteiger partial charge in [0.25, 0.3) is 0 Å². The number of sulfone groups is 1. The number of carbonyl (C=O) groups is 1. The average Bonchev–Trinajstić information content (AvgIpc) is 3.04. The van der Waals surface area contributed by atoms with Gasteiger partial charge in [-0.2, -0.15) is 0 Å². The number of fused-ring (bicyclic) bond motifs is 1. The highest BCUT2D eigenvalue weighted by atomic mass is 32.2. The highest BCUT2D eigenvalue weighted by Crippen LogP contribution is 2.34. The first kappa shape index (κ1) is 15.0. The number of hydrogen-bond acceptors (Lipinski definition) is 6. The lowest BCUT2D eigenvalue weighted by Crippen LogP contribution is -2.36. The van der Waals surface area contributed by atoms with Crippen LogP contribution >= 0.6 is 0 Å². The van der Waals surface area contributed by atoms with Crippen molar-refractivity contribution in [2.45, 2.75) is 18.9 Å². The van der Waals surface area contributed by atoms with Gasteiger partial charge in [-0.3, -0.25) is 4.79 Å². The summed E-state index contributed by atoms with van der Waals surface area (Å²) in [6.45, 7) is 0.691. The van der Waals surface area contributed by atoms with Gasteiger partial charge >= 0.3 is 0 Å². The number of carbonyl (C=O) groups excluding carboxylic acids is 1. The molecule has 1 saturated heterocycles. The zero-order chi connectivity index (χ0) is 15.6. The molecule has 2 heterocycles. The van der Waals surface area contributed by atoms with Crippen LogP contribution in [0.15, 0.2) is 18.2 Å². The smallest absolute Gasteiger partial charge is 0.231 e. The van der Waals surface area contributed by atoms with E-state index in [2.05, 4.69) is 10.6 Å². The molecule has 0 saturated carbocycles. The van der Waals surface area contributed by atoms with Crippen molar-refractivity contribution in [1.29, 1.82) is 0 Å². The molecule has 1 aromatic carbocycles. The third-order valence-corrected chi connectivity index (χ3v) is 5.42. The Morgan fingerprint density at radius 1 is 1.27 bits per heavy atom. The van der Waals surface area contributed by atoms with E-state index in [9.17, 15) is 13.2 Å². The highest BCUT2D eigenvalue weighted by Gasteiger charge is 2.28. The monoisotopic (exact) mass is 326 g/mol. The molecule has 1 unspecified atom stereocenters. The Labute approximate surface area is 128 Å².